The summed E-state index contributed by atoms with van der Waals surface area (Å²) in [4.78, 5) is 16.5. The first kappa shape index (κ1) is 19.9. The SMILES string of the molecule is CCOCc1nc2c[n+]([O-])c3ccccc3c2n1CCNC(=O)OC(C)(C)C. The van der Waals surface area contributed by atoms with E-state index in [-0.39, 0.29) is 0 Å². The average molecular weight is 386 g/mol. The number of amides is 1. The van der Waals surface area contributed by atoms with Gasteiger partial charge in [0.25, 0.3) is 0 Å². The largest absolute Gasteiger partial charge is 0.618 e. The van der Waals surface area contributed by atoms with Crippen LogP contribution in [-0.2, 0) is 22.6 Å². The molecular formula is C20H26N4O4. The van der Waals surface area contributed by atoms with E-state index in [1.165, 1.54) is 6.20 Å². The summed E-state index contributed by atoms with van der Waals surface area (Å²) in [6.45, 7) is 9.09. The second-order valence-electron chi connectivity index (χ2n) is 7.45. The Kier molecular flexibility index (Phi) is 5.69. The summed E-state index contributed by atoms with van der Waals surface area (Å²) >= 11 is 0. The molecule has 8 heteroatoms. The molecule has 28 heavy (non-hydrogen) atoms. The minimum absolute atomic E-state index is 0.324. The van der Waals surface area contributed by atoms with Crippen LogP contribution in [0.1, 0.15) is 33.5 Å². The molecule has 0 aliphatic heterocycles. The number of imidazole rings is 1. The highest BCUT2D eigenvalue weighted by molar-refractivity contribution is 6.00. The van der Waals surface area contributed by atoms with E-state index in [2.05, 4.69) is 10.3 Å². The summed E-state index contributed by atoms with van der Waals surface area (Å²) in [5, 5.41) is 15.9. The van der Waals surface area contributed by atoms with E-state index in [9.17, 15) is 10.0 Å². The lowest BCUT2D eigenvalue weighted by Gasteiger charge is -2.20. The Balaban J connectivity index is 1.94. The van der Waals surface area contributed by atoms with Gasteiger partial charge in [-0.3, -0.25) is 0 Å². The fourth-order valence-electron chi connectivity index (χ4n) is 3.07. The Bertz CT molecular complexity index is 991. The molecular weight excluding hydrogens is 360 g/mol. The van der Waals surface area contributed by atoms with Crippen molar-refractivity contribution in [2.24, 2.45) is 0 Å². The number of aromatic nitrogens is 3. The lowest BCUT2D eigenvalue weighted by Crippen LogP contribution is -2.34. The fraction of sp³-hybridized carbons (Fsp3) is 0.450. The molecule has 0 aliphatic rings. The van der Waals surface area contributed by atoms with Gasteiger partial charge in [0.15, 0.2) is 5.52 Å². The van der Waals surface area contributed by atoms with Crippen molar-refractivity contribution in [3.05, 3.63) is 41.5 Å². The smallest absolute Gasteiger partial charge is 0.407 e. The molecule has 3 rings (SSSR count). The Morgan fingerprint density at radius 3 is 2.79 bits per heavy atom. The van der Waals surface area contributed by atoms with Gasteiger partial charge in [0.05, 0.1) is 10.9 Å². The van der Waals surface area contributed by atoms with Gasteiger partial charge in [0.1, 0.15) is 18.0 Å². The van der Waals surface area contributed by atoms with E-state index >= 15 is 0 Å². The summed E-state index contributed by atoms with van der Waals surface area (Å²) in [6.07, 6.45) is 1.01. The zero-order valence-electron chi connectivity index (χ0n) is 16.7. The van der Waals surface area contributed by atoms with Crippen LogP contribution in [0.15, 0.2) is 30.5 Å². The number of ether oxygens (including phenoxy) is 2. The maximum Gasteiger partial charge on any atom is 0.407 e. The van der Waals surface area contributed by atoms with E-state index in [4.69, 9.17) is 9.47 Å². The monoisotopic (exact) mass is 386 g/mol. The molecule has 0 saturated carbocycles. The molecule has 0 bridgehead atoms. The van der Waals surface area contributed by atoms with Crippen LogP contribution in [0, 0.1) is 5.21 Å². The second-order valence-corrected chi connectivity index (χ2v) is 7.45. The van der Waals surface area contributed by atoms with Gasteiger partial charge in [-0.1, -0.05) is 12.1 Å². The average Bonchev–Trinajstić information content (AvgIpc) is 2.96. The summed E-state index contributed by atoms with van der Waals surface area (Å²) < 4.78 is 13.6. The van der Waals surface area contributed by atoms with E-state index < -0.39 is 11.7 Å². The maximum atomic E-state index is 12.3. The Hall–Kier alpha value is -2.87. The lowest BCUT2D eigenvalue weighted by atomic mass is 10.2. The molecule has 2 heterocycles. The molecule has 0 fully saturated rings. The third-order valence-electron chi connectivity index (χ3n) is 4.15. The van der Waals surface area contributed by atoms with Crippen molar-refractivity contribution in [1.82, 2.24) is 14.9 Å². The molecule has 1 N–H and O–H groups in total. The number of nitrogens with one attached hydrogen (secondary N) is 1. The van der Waals surface area contributed by atoms with Crippen LogP contribution in [0.5, 0.6) is 0 Å². The number of carbonyl (C=O) groups excluding carboxylic acids is 1. The van der Waals surface area contributed by atoms with Gasteiger partial charge in [-0.25, -0.2) is 9.78 Å². The van der Waals surface area contributed by atoms with Crippen LogP contribution in [0.2, 0.25) is 0 Å². The number of hydrogen-bond acceptors (Lipinski definition) is 5. The Morgan fingerprint density at radius 2 is 2.07 bits per heavy atom. The number of pyridine rings is 1. The third kappa shape index (κ3) is 4.33. The van der Waals surface area contributed by atoms with Crippen LogP contribution in [0.3, 0.4) is 0 Å². The van der Waals surface area contributed by atoms with Crippen LogP contribution < -0.4 is 10.0 Å². The Morgan fingerprint density at radius 1 is 1.32 bits per heavy atom. The molecule has 2 aromatic heterocycles. The van der Waals surface area contributed by atoms with Crippen molar-refractivity contribution in [1.29, 1.82) is 0 Å². The van der Waals surface area contributed by atoms with Gasteiger partial charge < -0.3 is 24.6 Å². The quantitative estimate of drug-likeness (QED) is 0.519. The van der Waals surface area contributed by atoms with Crippen molar-refractivity contribution >= 4 is 28.0 Å². The molecule has 0 saturated heterocycles. The molecule has 1 aromatic carbocycles. The highest BCUT2D eigenvalue weighted by atomic mass is 16.6. The van der Waals surface area contributed by atoms with Crippen LogP contribution in [0.25, 0.3) is 21.9 Å². The highest BCUT2D eigenvalue weighted by Crippen LogP contribution is 2.24. The summed E-state index contributed by atoms with van der Waals surface area (Å²) in [6, 6.07) is 7.39. The van der Waals surface area contributed by atoms with Crippen molar-refractivity contribution in [2.75, 3.05) is 13.2 Å². The van der Waals surface area contributed by atoms with Gasteiger partial charge >= 0.3 is 6.09 Å². The third-order valence-corrected chi connectivity index (χ3v) is 4.15. The first-order valence-electron chi connectivity index (χ1n) is 9.34. The van der Waals surface area contributed by atoms with Gasteiger partial charge in [0.2, 0.25) is 11.7 Å². The van der Waals surface area contributed by atoms with Gasteiger partial charge in [0, 0.05) is 25.8 Å². The number of nitrogens with zero attached hydrogens (tertiary/aromatic N) is 3. The minimum Gasteiger partial charge on any atom is -0.618 e. The first-order valence-corrected chi connectivity index (χ1v) is 9.34. The first-order chi connectivity index (χ1) is 13.3. The predicted octanol–water partition coefficient (Wildman–Crippen LogP) is 2.88. The molecule has 0 unspecified atom stereocenters. The number of benzene rings is 1. The second kappa shape index (κ2) is 8.02. The molecule has 1 amide bonds. The number of hydrogen-bond donors (Lipinski definition) is 1. The van der Waals surface area contributed by atoms with Crippen LogP contribution >= 0.6 is 0 Å². The van der Waals surface area contributed by atoms with Gasteiger partial charge in [-0.2, -0.15) is 4.73 Å². The van der Waals surface area contributed by atoms with Crippen molar-refractivity contribution in [3.8, 4) is 0 Å². The summed E-state index contributed by atoms with van der Waals surface area (Å²) in [7, 11) is 0. The highest BCUT2D eigenvalue weighted by Gasteiger charge is 2.19. The fourth-order valence-corrected chi connectivity index (χ4v) is 3.07. The van der Waals surface area contributed by atoms with E-state index in [1.807, 2.05) is 50.5 Å². The molecule has 0 atom stereocenters. The number of fused-ring (bicyclic) bond motifs is 3. The van der Waals surface area contributed by atoms with Crippen molar-refractivity contribution in [3.63, 3.8) is 0 Å². The molecule has 0 aliphatic carbocycles. The minimum atomic E-state index is -0.552. The van der Waals surface area contributed by atoms with Crippen LogP contribution in [0.4, 0.5) is 4.79 Å². The number of alkyl carbamates (subject to hydrolysis) is 1. The predicted molar refractivity (Wildman–Crippen MR) is 106 cm³/mol. The van der Waals surface area contributed by atoms with E-state index in [1.54, 1.807) is 6.07 Å². The molecule has 0 spiro atoms. The number of para-hydroxylation sites is 1. The number of carbonyl (C=O) groups is 1. The molecule has 3 aromatic rings. The molecule has 150 valence electrons. The van der Waals surface area contributed by atoms with E-state index in [0.29, 0.717) is 43.2 Å². The van der Waals surface area contributed by atoms with Crippen molar-refractivity contribution in [2.45, 2.75) is 46.4 Å². The zero-order valence-corrected chi connectivity index (χ0v) is 16.7. The lowest BCUT2D eigenvalue weighted by molar-refractivity contribution is -0.575. The molecule has 8 nitrogen and oxygen atoms in total. The van der Waals surface area contributed by atoms with Gasteiger partial charge in [-0.05, 0) is 33.8 Å². The summed E-state index contributed by atoms with van der Waals surface area (Å²) in [5.41, 5.74) is 1.47. The van der Waals surface area contributed by atoms with Crippen LogP contribution in [-0.4, -0.2) is 34.4 Å². The van der Waals surface area contributed by atoms with Crippen molar-refractivity contribution < 1.29 is 19.0 Å². The van der Waals surface area contributed by atoms with E-state index in [0.717, 1.165) is 15.6 Å². The summed E-state index contributed by atoms with van der Waals surface area (Å²) in [5.74, 6) is 0.708. The molecule has 0 radical (unpaired) electrons. The topological polar surface area (TPSA) is 92.3 Å². The maximum absolute atomic E-state index is 12.3. The zero-order chi connectivity index (χ0) is 20.3. The Labute approximate surface area is 163 Å². The standard InChI is InChI=1S/C20H26N4O4/c1-5-27-13-17-22-15-12-24(26)16-9-7-6-8-14(16)18(15)23(17)11-10-21-19(25)28-20(2,3)4/h6-9,12H,5,10-11,13H2,1-4H3,(H,21,25). The number of rotatable bonds is 6. The van der Waals surface area contributed by atoms with Gasteiger partial charge in [-0.15, -0.1) is 0 Å². The normalized spacial score (nSPS) is 11.9.